The molecule has 18 heavy (non-hydrogen) atoms. The molecule has 0 unspecified atom stereocenters. The first-order chi connectivity index (χ1) is 7.96. The SMILES string of the molecule is N[C@@H](c1ccc(C(F)(F)F)c(F)c1F)C(F)(F)F. The Bertz CT molecular complexity index is 447. The van der Waals surface area contributed by atoms with Crippen molar-refractivity contribution in [1.82, 2.24) is 0 Å². The quantitative estimate of drug-likeness (QED) is 0.782. The van der Waals surface area contributed by atoms with E-state index in [1.54, 1.807) is 0 Å². The average Bonchev–Trinajstić information content (AvgIpc) is 2.17. The Morgan fingerprint density at radius 1 is 0.889 bits per heavy atom. The predicted octanol–water partition coefficient (Wildman–Crippen LogP) is 3.55. The van der Waals surface area contributed by atoms with Crippen LogP contribution in [0.4, 0.5) is 35.1 Å². The third-order valence-corrected chi connectivity index (χ3v) is 2.11. The fourth-order valence-corrected chi connectivity index (χ4v) is 1.20. The number of benzene rings is 1. The summed E-state index contributed by atoms with van der Waals surface area (Å²) in [7, 11) is 0. The Kier molecular flexibility index (Phi) is 3.57. The largest absolute Gasteiger partial charge is 0.419 e. The van der Waals surface area contributed by atoms with Crippen LogP contribution in [0, 0.1) is 11.6 Å². The van der Waals surface area contributed by atoms with E-state index in [4.69, 9.17) is 0 Å². The summed E-state index contributed by atoms with van der Waals surface area (Å²) in [4.78, 5) is 0. The molecule has 9 heteroatoms. The zero-order valence-electron chi connectivity index (χ0n) is 8.33. The van der Waals surface area contributed by atoms with Crippen LogP contribution in [0.1, 0.15) is 17.2 Å². The highest BCUT2D eigenvalue weighted by Crippen LogP contribution is 2.37. The lowest BCUT2D eigenvalue weighted by atomic mass is 10.0. The molecular formula is C9H5F8N. The van der Waals surface area contributed by atoms with Gasteiger partial charge in [-0.2, -0.15) is 26.3 Å². The van der Waals surface area contributed by atoms with Gasteiger partial charge in [0.25, 0.3) is 0 Å². The molecule has 0 heterocycles. The van der Waals surface area contributed by atoms with E-state index < -0.39 is 41.2 Å². The number of hydrogen-bond acceptors (Lipinski definition) is 1. The van der Waals surface area contributed by atoms with Crippen molar-refractivity contribution in [2.24, 2.45) is 5.73 Å². The van der Waals surface area contributed by atoms with Crippen molar-refractivity contribution in [1.29, 1.82) is 0 Å². The normalized spacial score (nSPS) is 14.7. The Morgan fingerprint density at radius 3 is 1.78 bits per heavy atom. The van der Waals surface area contributed by atoms with Crippen molar-refractivity contribution in [3.8, 4) is 0 Å². The van der Waals surface area contributed by atoms with Gasteiger partial charge in [0.15, 0.2) is 11.6 Å². The lowest BCUT2D eigenvalue weighted by Crippen LogP contribution is -2.30. The molecule has 0 saturated heterocycles. The highest BCUT2D eigenvalue weighted by atomic mass is 19.4. The zero-order chi connectivity index (χ0) is 14.3. The molecule has 0 bridgehead atoms. The molecule has 0 aliphatic heterocycles. The van der Waals surface area contributed by atoms with Gasteiger partial charge in [0, 0.05) is 5.56 Å². The standard InChI is InChI=1S/C9H5F8N/c10-5-3(7(18)9(15,16)17)1-2-4(6(5)11)8(12,13)14/h1-2,7H,18H2/t7-/m0/s1. The molecule has 102 valence electrons. The molecule has 0 spiro atoms. The van der Waals surface area contributed by atoms with Crippen molar-refractivity contribution in [3.05, 3.63) is 34.9 Å². The Hall–Kier alpha value is -1.38. The van der Waals surface area contributed by atoms with E-state index in [0.717, 1.165) is 0 Å². The first-order valence-electron chi connectivity index (χ1n) is 4.33. The van der Waals surface area contributed by atoms with Crippen LogP contribution in [0.25, 0.3) is 0 Å². The minimum Gasteiger partial charge on any atom is -0.316 e. The number of halogens is 8. The molecule has 0 aliphatic rings. The Morgan fingerprint density at radius 2 is 1.39 bits per heavy atom. The first kappa shape index (κ1) is 14.7. The summed E-state index contributed by atoms with van der Waals surface area (Å²) in [5.41, 5.74) is 1.22. The smallest absolute Gasteiger partial charge is 0.316 e. The molecule has 0 radical (unpaired) electrons. The van der Waals surface area contributed by atoms with Crippen LogP contribution >= 0.6 is 0 Å². The van der Waals surface area contributed by atoms with Crippen LogP contribution in [0.2, 0.25) is 0 Å². The van der Waals surface area contributed by atoms with E-state index in [2.05, 4.69) is 5.73 Å². The van der Waals surface area contributed by atoms with Gasteiger partial charge < -0.3 is 5.73 Å². The summed E-state index contributed by atoms with van der Waals surface area (Å²) in [6.45, 7) is 0. The highest BCUT2D eigenvalue weighted by molar-refractivity contribution is 5.30. The molecule has 1 atom stereocenters. The van der Waals surface area contributed by atoms with Crippen molar-refractivity contribution in [2.75, 3.05) is 0 Å². The predicted molar refractivity (Wildman–Crippen MR) is 44.3 cm³/mol. The van der Waals surface area contributed by atoms with E-state index >= 15 is 0 Å². The van der Waals surface area contributed by atoms with Crippen LogP contribution in [-0.4, -0.2) is 6.18 Å². The van der Waals surface area contributed by atoms with Gasteiger partial charge >= 0.3 is 12.4 Å². The lowest BCUT2D eigenvalue weighted by molar-refractivity contribution is -0.150. The van der Waals surface area contributed by atoms with Crippen LogP contribution in [-0.2, 0) is 6.18 Å². The van der Waals surface area contributed by atoms with E-state index in [1.165, 1.54) is 0 Å². The lowest BCUT2D eigenvalue weighted by Gasteiger charge is -2.18. The summed E-state index contributed by atoms with van der Waals surface area (Å²) in [6.07, 6.45) is -10.3. The molecule has 1 aromatic rings. The van der Waals surface area contributed by atoms with Gasteiger partial charge in [-0.05, 0) is 6.07 Å². The molecule has 0 fully saturated rings. The van der Waals surface area contributed by atoms with E-state index in [0.29, 0.717) is 0 Å². The van der Waals surface area contributed by atoms with Gasteiger partial charge in [0.2, 0.25) is 0 Å². The van der Waals surface area contributed by atoms with Gasteiger partial charge in [-0.1, -0.05) is 6.07 Å². The van der Waals surface area contributed by atoms with Gasteiger partial charge in [-0.15, -0.1) is 0 Å². The number of nitrogens with two attached hydrogens (primary N) is 1. The zero-order valence-corrected chi connectivity index (χ0v) is 8.33. The summed E-state index contributed by atoms with van der Waals surface area (Å²) >= 11 is 0. The maximum Gasteiger partial charge on any atom is 0.419 e. The van der Waals surface area contributed by atoms with Crippen molar-refractivity contribution >= 4 is 0 Å². The van der Waals surface area contributed by atoms with Gasteiger partial charge in [0.1, 0.15) is 6.04 Å². The summed E-state index contributed by atoms with van der Waals surface area (Å²) in [6, 6.07) is -2.71. The van der Waals surface area contributed by atoms with Crippen LogP contribution in [0.15, 0.2) is 12.1 Å². The molecule has 0 saturated carbocycles. The highest BCUT2D eigenvalue weighted by Gasteiger charge is 2.42. The summed E-state index contributed by atoms with van der Waals surface area (Å²) in [5, 5.41) is 0. The van der Waals surface area contributed by atoms with E-state index in [-0.39, 0.29) is 12.1 Å². The monoisotopic (exact) mass is 279 g/mol. The summed E-state index contributed by atoms with van der Waals surface area (Å²) < 4.78 is 98.9. The van der Waals surface area contributed by atoms with Gasteiger partial charge in [0.05, 0.1) is 5.56 Å². The van der Waals surface area contributed by atoms with Crippen molar-refractivity contribution in [2.45, 2.75) is 18.4 Å². The molecule has 2 N–H and O–H groups in total. The molecular weight excluding hydrogens is 274 g/mol. The second-order valence-electron chi connectivity index (χ2n) is 3.35. The topological polar surface area (TPSA) is 26.0 Å². The maximum atomic E-state index is 13.1. The average molecular weight is 279 g/mol. The third-order valence-electron chi connectivity index (χ3n) is 2.11. The van der Waals surface area contributed by atoms with Crippen LogP contribution in [0.3, 0.4) is 0 Å². The number of hydrogen-bond donors (Lipinski definition) is 1. The van der Waals surface area contributed by atoms with Crippen LogP contribution in [0.5, 0.6) is 0 Å². The van der Waals surface area contributed by atoms with E-state index in [9.17, 15) is 35.1 Å². The van der Waals surface area contributed by atoms with Crippen molar-refractivity contribution < 1.29 is 35.1 Å². The number of alkyl halides is 6. The maximum absolute atomic E-state index is 13.1. The fourth-order valence-electron chi connectivity index (χ4n) is 1.20. The second kappa shape index (κ2) is 4.38. The third kappa shape index (κ3) is 2.71. The van der Waals surface area contributed by atoms with E-state index in [1.807, 2.05) is 0 Å². The molecule has 0 amide bonds. The minimum atomic E-state index is -5.20. The fraction of sp³-hybridized carbons (Fsp3) is 0.333. The molecule has 0 aliphatic carbocycles. The molecule has 1 aromatic carbocycles. The molecule has 1 nitrogen and oxygen atoms in total. The number of rotatable bonds is 1. The second-order valence-corrected chi connectivity index (χ2v) is 3.35. The van der Waals surface area contributed by atoms with Gasteiger partial charge in [-0.3, -0.25) is 0 Å². The van der Waals surface area contributed by atoms with Gasteiger partial charge in [-0.25, -0.2) is 8.78 Å². The Labute approximate surface area is 95.2 Å². The van der Waals surface area contributed by atoms with Crippen molar-refractivity contribution in [3.63, 3.8) is 0 Å². The minimum absolute atomic E-state index is 0.0132. The van der Waals surface area contributed by atoms with Crippen LogP contribution < -0.4 is 5.73 Å². The molecule has 0 aromatic heterocycles. The molecule has 1 rings (SSSR count). The first-order valence-corrected chi connectivity index (χ1v) is 4.33. The Balaban J connectivity index is 3.34. The summed E-state index contributed by atoms with van der Waals surface area (Å²) in [5.74, 6) is -4.66.